The van der Waals surface area contributed by atoms with Gasteiger partial charge in [-0.2, -0.15) is 0 Å². The maximum Gasteiger partial charge on any atom is 0.256 e. The Bertz CT molecular complexity index is 723. The summed E-state index contributed by atoms with van der Waals surface area (Å²) in [6.07, 6.45) is -3.16. The van der Waals surface area contributed by atoms with Gasteiger partial charge in [0.1, 0.15) is 18.3 Å². The van der Waals surface area contributed by atoms with Crippen LogP contribution in [0.5, 0.6) is 0 Å². The lowest BCUT2D eigenvalue weighted by Gasteiger charge is -2.36. The first-order valence-corrected chi connectivity index (χ1v) is 8.95. The summed E-state index contributed by atoms with van der Waals surface area (Å²) < 4.78 is 29.6. The number of nitrogens with one attached hydrogen (secondary N) is 1. The fourth-order valence-corrected chi connectivity index (χ4v) is 3.79. The van der Waals surface area contributed by atoms with Crippen LogP contribution in [-0.2, 0) is 28.5 Å². The summed E-state index contributed by atoms with van der Waals surface area (Å²) in [4.78, 5) is 12.9. The van der Waals surface area contributed by atoms with Gasteiger partial charge < -0.3 is 29.0 Å². The van der Waals surface area contributed by atoms with Crippen molar-refractivity contribution in [3.8, 4) is 0 Å². The molecule has 8 heteroatoms. The smallest absolute Gasteiger partial charge is 0.256 e. The minimum atomic E-state index is -0.903. The molecule has 0 saturated carbocycles. The zero-order valence-corrected chi connectivity index (χ0v) is 15.8. The molecule has 1 N–H and O–H groups in total. The van der Waals surface area contributed by atoms with Crippen molar-refractivity contribution in [1.82, 2.24) is 0 Å². The van der Waals surface area contributed by atoms with Gasteiger partial charge in [-0.1, -0.05) is 17.7 Å². The first-order valence-electron chi connectivity index (χ1n) is 8.57. The Morgan fingerprint density at radius 2 is 1.65 bits per heavy atom. The van der Waals surface area contributed by atoms with Crippen LogP contribution >= 0.6 is 11.6 Å². The molecule has 3 heterocycles. The van der Waals surface area contributed by atoms with Crippen LogP contribution in [0.4, 0.5) is 5.69 Å². The van der Waals surface area contributed by atoms with E-state index in [1.54, 1.807) is 52.0 Å². The second-order valence-corrected chi connectivity index (χ2v) is 8.03. The number of benzene rings is 1. The van der Waals surface area contributed by atoms with Gasteiger partial charge in [0.15, 0.2) is 24.0 Å². The molecule has 1 amide bonds. The van der Waals surface area contributed by atoms with Crippen molar-refractivity contribution in [2.75, 3.05) is 5.32 Å². The summed E-state index contributed by atoms with van der Waals surface area (Å²) in [6.45, 7) is 7.19. The molecule has 26 heavy (non-hydrogen) atoms. The predicted molar refractivity (Wildman–Crippen MR) is 92.6 cm³/mol. The molecular weight excluding hydrogens is 362 g/mol. The first kappa shape index (κ1) is 18.2. The molecule has 3 fully saturated rings. The number of rotatable bonds is 2. The monoisotopic (exact) mass is 383 g/mol. The van der Waals surface area contributed by atoms with Crippen LogP contribution in [0.3, 0.4) is 0 Å². The molecule has 7 nitrogen and oxygen atoms in total. The third-order valence-electron chi connectivity index (χ3n) is 4.51. The topological polar surface area (TPSA) is 75.3 Å². The van der Waals surface area contributed by atoms with E-state index in [9.17, 15) is 4.79 Å². The molecule has 1 aromatic carbocycles. The molecule has 0 unspecified atom stereocenters. The number of carbonyl (C=O) groups is 1. The summed E-state index contributed by atoms with van der Waals surface area (Å²) in [6, 6.07) is 6.91. The molecule has 3 aliphatic rings. The van der Waals surface area contributed by atoms with E-state index in [-0.39, 0.29) is 5.91 Å². The number of anilines is 1. The van der Waals surface area contributed by atoms with Crippen LogP contribution in [0.1, 0.15) is 27.7 Å². The van der Waals surface area contributed by atoms with Crippen molar-refractivity contribution in [3.05, 3.63) is 29.3 Å². The van der Waals surface area contributed by atoms with Gasteiger partial charge in [0, 0.05) is 10.7 Å². The summed E-state index contributed by atoms with van der Waals surface area (Å²) in [5.74, 6) is -2.03. The Hall–Kier alpha value is -1.22. The number of halogens is 1. The van der Waals surface area contributed by atoms with Crippen LogP contribution in [-0.4, -0.2) is 48.2 Å². The van der Waals surface area contributed by atoms with Crippen LogP contribution in [0.25, 0.3) is 0 Å². The molecule has 0 bridgehead atoms. The maximum atomic E-state index is 12.9. The highest BCUT2D eigenvalue weighted by Gasteiger charge is 2.62. The SMILES string of the molecule is CC1(C)O[C@@H]2[C@@H](O1)[C@@H](C(=O)Nc1cccc(Cl)c1)O[C@H]1OC(C)(C)O[C@@H]12. The fraction of sp³-hybridized carbons (Fsp3) is 0.611. The summed E-state index contributed by atoms with van der Waals surface area (Å²) in [5, 5.41) is 3.34. The Morgan fingerprint density at radius 3 is 2.38 bits per heavy atom. The lowest BCUT2D eigenvalue weighted by atomic mass is 9.98. The van der Waals surface area contributed by atoms with Crippen molar-refractivity contribution < 1.29 is 28.5 Å². The Balaban J connectivity index is 1.58. The maximum absolute atomic E-state index is 12.9. The van der Waals surface area contributed by atoms with E-state index in [0.29, 0.717) is 10.7 Å². The summed E-state index contributed by atoms with van der Waals surface area (Å²) in [7, 11) is 0. The average Bonchev–Trinajstić information content (AvgIpc) is 3.00. The van der Waals surface area contributed by atoms with Crippen LogP contribution in [0, 0.1) is 0 Å². The minimum absolute atomic E-state index is 0.352. The molecule has 1 aromatic rings. The van der Waals surface area contributed by atoms with Gasteiger partial charge in [0.05, 0.1) is 0 Å². The zero-order chi connectivity index (χ0) is 18.7. The lowest BCUT2D eigenvalue weighted by molar-refractivity contribution is -0.229. The molecule has 142 valence electrons. The van der Waals surface area contributed by atoms with Gasteiger partial charge in [0.2, 0.25) is 0 Å². The van der Waals surface area contributed by atoms with E-state index in [0.717, 1.165) is 0 Å². The molecule has 0 aromatic heterocycles. The number of amides is 1. The van der Waals surface area contributed by atoms with Gasteiger partial charge >= 0.3 is 0 Å². The largest absolute Gasteiger partial charge is 0.342 e. The van der Waals surface area contributed by atoms with Crippen LogP contribution < -0.4 is 5.32 Å². The molecule has 0 spiro atoms. The van der Waals surface area contributed by atoms with Gasteiger partial charge in [-0.3, -0.25) is 4.79 Å². The van der Waals surface area contributed by atoms with E-state index in [2.05, 4.69) is 5.32 Å². The van der Waals surface area contributed by atoms with E-state index >= 15 is 0 Å². The highest BCUT2D eigenvalue weighted by molar-refractivity contribution is 6.30. The van der Waals surface area contributed by atoms with Gasteiger partial charge in [0.25, 0.3) is 5.91 Å². The van der Waals surface area contributed by atoms with Crippen molar-refractivity contribution in [3.63, 3.8) is 0 Å². The standard InChI is InChI=1S/C18H22ClNO6/c1-17(2)23-11-12(24-17)14-16(26-18(3,4)25-14)22-13(11)15(21)20-10-7-5-6-9(19)8-10/h5-8,11-14,16H,1-4H3,(H,20,21)/t11-,12-,13+,14-,16+/m1/s1. The van der Waals surface area contributed by atoms with E-state index < -0.39 is 42.3 Å². The second kappa shape index (κ2) is 6.15. The van der Waals surface area contributed by atoms with Crippen molar-refractivity contribution in [2.24, 2.45) is 0 Å². The van der Waals surface area contributed by atoms with Crippen molar-refractivity contribution in [1.29, 1.82) is 0 Å². The van der Waals surface area contributed by atoms with E-state index in [1.165, 1.54) is 0 Å². The van der Waals surface area contributed by atoms with E-state index in [4.69, 9.17) is 35.3 Å². The summed E-state index contributed by atoms with van der Waals surface area (Å²) in [5.41, 5.74) is 0.576. The van der Waals surface area contributed by atoms with Gasteiger partial charge in [-0.25, -0.2) is 0 Å². The molecule has 0 radical (unpaired) electrons. The predicted octanol–water partition coefficient (Wildman–Crippen LogP) is 2.68. The minimum Gasteiger partial charge on any atom is -0.342 e. The lowest BCUT2D eigenvalue weighted by Crippen LogP contribution is -2.58. The van der Waals surface area contributed by atoms with Gasteiger partial charge in [-0.05, 0) is 45.9 Å². The van der Waals surface area contributed by atoms with Gasteiger partial charge in [-0.15, -0.1) is 0 Å². The molecule has 0 aliphatic carbocycles. The number of carbonyl (C=O) groups excluding carboxylic acids is 1. The van der Waals surface area contributed by atoms with Crippen molar-refractivity contribution in [2.45, 2.75) is 70.0 Å². The Morgan fingerprint density at radius 1 is 1.00 bits per heavy atom. The Labute approximate surface area is 156 Å². The van der Waals surface area contributed by atoms with E-state index in [1.807, 2.05) is 0 Å². The third kappa shape index (κ3) is 3.35. The number of fused-ring (bicyclic) bond motifs is 3. The number of hydrogen-bond donors (Lipinski definition) is 1. The molecule has 5 atom stereocenters. The molecule has 4 rings (SSSR count). The Kier molecular flexibility index (Phi) is 4.30. The fourth-order valence-electron chi connectivity index (χ4n) is 3.60. The molecule has 3 saturated heterocycles. The highest BCUT2D eigenvalue weighted by Crippen LogP contribution is 2.44. The molecule has 3 aliphatic heterocycles. The number of hydrogen-bond acceptors (Lipinski definition) is 6. The molecular formula is C18H22ClNO6. The highest BCUT2D eigenvalue weighted by atomic mass is 35.5. The summed E-state index contributed by atoms with van der Waals surface area (Å²) >= 11 is 5.98. The normalized spacial score (nSPS) is 37.0. The van der Waals surface area contributed by atoms with Crippen LogP contribution in [0.15, 0.2) is 24.3 Å². The quantitative estimate of drug-likeness (QED) is 0.846. The van der Waals surface area contributed by atoms with Crippen molar-refractivity contribution >= 4 is 23.2 Å². The number of ether oxygens (including phenoxy) is 5. The first-order chi connectivity index (χ1) is 12.1. The zero-order valence-electron chi connectivity index (χ0n) is 15.0. The average molecular weight is 384 g/mol. The van der Waals surface area contributed by atoms with Crippen LogP contribution in [0.2, 0.25) is 5.02 Å². The third-order valence-corrected chi connectivity index (χ3v) is 4.74. The second-order valence-electron chi connectivity index (χ2n) is 7.59.